The lowest BCUT2D eigenvalue weighted by molar-refractivity contribution is -0.384. The van der Waals surface area contributed by atoms with Crippen molar-refractivity contribution in [2.45, 2.75) is 13.0 Å². The van der Waals surface area contributed by atoms with Crippen LogP contribution >= 0.6 is 0 Å². The molecule has 8 nitrogen and oxygen atoms in total. The molecule has 1 N–H and O–H groups in total. The van der Waals surface area contributed by atoms with E-state index in [2.05, 4.69) is 5.32 Å². The van der Waals surface area contributed by atoms with Crippen LogP contribution < -0.4 is 10.1 Å². The standard InChI is InChI=1S/C19H18N2O6/c1-13(19(23)20-15-7-9-17(26-2)10-8-15)27-18(22)11-6-14-4-3-5-16(12-14)21(24)25/h3-13H,1-2H3,(H,20,23)/b11-6+/t13-/m1/s1. The molecule has 0 aliphatic rings. The van der Waals surface area contributed by atoms with E-state index in [9.17, 15) is 19.7 Å². The SMILES string of the molecule is COc1ccc(NC(=O)[C@@H](C)OC(=O)/C=C/c2cccc([N+](=O)[O-])c2)cc1. The molecule has 0 spiro atoms. The predicted molar refractivity (Wildman–Crippen MR) is 99.3 cm³/mol. The molecular weight excluding hydrogens is 352 g/mol. The molecule has 0 saturated heterocycles. The Morgan fingerprint density at radius 1 is 1.19 bits per heavy atom. The van der Waals surface area contributed by atoms with Crippen LogP contribution in [0.5, 0.6) is 5.75 Å². The lowest BCUT2D eigenvalue weighted by Crippen LogP contribution is -2.29. The number of esters is 1. The van der Waals surface area contributed by atoms with Crippen LogP contribution in [0.15, 0.2) is 54.6 Å². The van der Waals surface area contributed by atoms with Crippen molar-refractivity contribution in [1.82, 2.24) is 0 Å². The zero-order valence-electron chi connectivity index (χ0n) is 14.7. The normalized spacial score (nSPS) is 11.6. The predicted octanol–water partition coefficient (Wildman–Crippen LogP) is 3.19. The van der Waals surface area contributed by atoms with Gasteiger partial charge in [0, 0.05) is 23.9 Å². The number of rotatable bonds is 7. The summed E-state index contributed by atoms with van der Waals surface area (Å²) >= 11 is 0. The number of nitro groups is 1. The van der Waals surface area contributed by atoms with Crippen molar-refractivity contribution >= 4 is 29.3 Å². The molecule has 0 unspecified atom stereocenters. The molecule has 27 heavy (non-hydrogen) atoms. The molecule has 8 heteroatoms. The molecule has 1 atom stereocenters. The van der Waals surface area contributed by atoms with Crippen molar-refractivity contribution in [3.8, 4) is 5.75 Å². The summed E-state index contributed by atoms with van der Waals surface area (Å²) in [5.74, 6) is -0.574. The smallest absolute Gasteiger partial charge is 0.331 e. The number of anilines is 1. The zero-order valence-corrected chi connectivity index (χ0v) is 14.7. The molecule has 0 heterocycles. The number of amides is 1. The third-order valence-corrected chi connectivity index (χ3v) is 3.51. The number of nitro benzene ring substituents is 1. The van der Waals surface area contributed by atoms with E-state index >= 15 is 0 Å². The lowest BCUT2D eigenvalue weighted by Gasteiger charge is -2.12. The fourth-order valence-electron chi connectivity index (χ4n) is 2.09. The monoisotopic (exact) mass is 370 g/mol. The summed E-state index contributed by atoms with van der Waals surface area (Å²) in [5, 5.41) is 13.4. The molecule has 2 aromatic rings. The largest absolute Gasteiger partial charge is 0.497 e. The number of nitrogens with one attached hydrogen (secondary N) is 1. The Bertz CT molecular complexity index is 861. The Kier molecular flexibility index (Phi) is 6.65. The van der Waals surface area contributed by atoms with Crippen molar-refractivity contribution in [3.05, 3.63) is 70.3 Å². The fraction of sp³-hybridized carbons (Fsp3) is 0.158. The van der Waals surface area contributed by atoms with Gasteiger partial charge in [0.2, 0.25) is 0 Å². The van der Waals surface area contributed by atoms with E-state index in [0.29, 0.717) is 17.0 Å². The maximum Gasteiger partial charge on any atom is 0.331 e. The third kappa shape index (κ3) is 5.96. The lowest BCUT2D eigenvalue weighted by atomic mass is 10.2. The van der Waals surface area contributed by atoms with Crippen LogP contribution in [-0.2, 0) is 14.3 Å². The van der Waals surface area contributed by atoms with Crippen molar-refractivity contribution in [2.24, 2.45) is 0 Å². The summed E-state index contributed by atoms with van der Waals surface area (Å²) < 4.78 is 10.1. The van der Waals surface area contributed by atoms with Gasteiger partial charge in [0.15, 0.2) is 6.10 Å². The average Bonchev–Trinajstić information content (AvgIpc) is 2.67. The topological polar surface area (TPSA) is 108 Å². The minimum Gasteiger partial charge on any atom is -0.497 e. The highest BCUT2D eigenvalue weighted by Crippen LogP contribution is 2.16. The van der Waals surface area contributed by atoms with Crippen LogP contribution in [0.2, 0.25) is 0 Å². The summed E-state index contributed by atoms with van der Waals surface area (Å²) in [6.07, 6.45) is 1.47. The van der Waals surface area contributed by atoms with Crippen LogP contribution in [-0.4, -0.2) is 30.0 Å². The first-order valence-electron chi connectivity index (χ1n) is 7.97. The van der Waals surface area contributed by atoms with Gasteiger partial charge in [-0.3, -0.25) is 14.9 Å². The van der Waals surface area contributed by atoms with Crippen molar-refractivity contribution in [3.63, 3.8) is 0 Å². The number of carbonyl (C=O) groups is 2. The summed E-state index contributed by atoms with van der Waals surface area (Å²) in [7, 11) is 1.54. The average molecular weight is 370 g/mol. The Hall–Kier alpha value is -3.68. The van der Waals surface area contributed by atoms with Gasteiger partial charge in [-0.1, -0.05) is 12.1 Å². The van der Waals surface area contributed by atoms with Crippen LogP contribution in [0.3, 0.4) is 0 Å². The number of carbonyl (C=O) groups excluding carboxylic acids is 2. The van der Waals surface area contributed by atoms with Gasteiger partial charge >= 0.3 is 5.97 Å². The van der Waals surface area contributed by atoms with Crippen LogP contribution in [0, 0.1) is 10.1 Å². The molecule has 140 valence electrons. The summed E-state index contributed by atoms with van der Waals surface area (Å²) in [6.45, 7) is 1.44. The highest BCUT2D eigenvalue weighted by Gasteiger charge is 2.16. The molecule has 0 aliphatic heterocycles. The first-order chi connectivity index (χ1) is 12.9. The second kappa shape index (κ2) is 9.14. The van der Waals surface area contributed by atoms with Crippen molar-refractivity contribution in [2.75, 3.05) is 12.4 Å². The van der Waals surface area contributed by atoms with Crippen LogP contribution in [0.4, 0.5) is 11.4 Å². The summed E-state index contributed by atoms with van der Waals surface area (Å²) in [5.41, 5.74) is 0.921. The van der Waals surface area contributed by atoms with E-state index in [1.807, 2.05) is 0 Å². The minimum atomic E-state index is -1.02. The molecule has 0 saturated carbocycles. The third-order valence-electron chi connectivity index (χ3n) is 3.51. The van der Waals surface area contributed by atoms with E-state index in [-0.39, 0.29) is 5.69 Å². The molecule has 0 bridgehead atoms. The minimum absolute atomic E-state index is 0.0854. The number of benzene rings is 2. The van der Waals surface area contributed by atoms with E-state index < -0.39 is 22.9 Å². The zero-order chi connectivity index (χ0) is 19.8. The van der Waals surface area contributed by atoms with Crippen LogP contribution in [0.25, 0.3) is 6.08 Å². The Labute approximate surface area is 155 Å². The first-order valence-corrected chi connectivity index (χ1v) is 7.97. The highest BCUT2D eigenvalue weighted by atomic mass is 16.6. The number of hydrogen-bond acceptors (Lipinski definition) is 6. The van der Waals surface area contributed by atoms with Gasteiger partial charge in [-0.05, 0) is 42.8 Å². The molecule has 2 rings (SSSR count). The van der Waals surface area contributed by atoms with E-state index in [0.717, 1.165) is 6.08 Å². The van der Waals surface area contributed by atoms with Crippen LogP contribution in [0.1, 0.15) is 12.5 Å². The number of nitrogens with zero attached hydrogens (tertiary/aromatic N) is 1. The van der Waals surface area contributed by atoms with E-state index in [1.54, 1.807) is 30.3 Å². The Balaban J connectivity index is 1.91. The second-order valence-corrected chi connectivity index (χ2v) is 5.48. The molecule has 1 amide bonds. The number of non-ortho nitro benzene ring substituents is 1. The molecule has 0 aromatic heterocycles. The van der Waals surface area contributed by atoms with Gasteiger partial charge in [0.1, 0.15) is 5.75 Å². The molecular formula is C19H18N2O6. The second-order valence-electron chi connectivity index (χ2n) is 5.48. The maximum absolute atomic E-state index is 12.1. The van der Waals surface area contributed by atoms with Crippen molar-refractivity contribution in [1.29, 1.82) is 0 Å². The van der Waals surface area contributed by atoms with Gasteiger partial charge in [-0.15, -0.1) is 0 Å². The van der Waals surface area contributed by atoms with Crippen molar-refractivity contribution < 1.29 is 24.0 Å². The highest BCUT2D eigenvalue weighted by molar-refractivity contribution is 5.96. The fourth-order valence-corrected chi connectivity index (χ4v) is 2.09. The van der Waals surface area contributed by atoms with Gasteiger partial charge in [-0.25, -0.2) is 4.79 Å². The maximum atomic E-state index is 12.1. The van der Waals surface area contributed by atoms with E-state index in [4.69, 9.17) is 9.47 Å². The number of ether oxygens (including phenoxy) is 2. The van der Waals surface area contributed by atoms with Gasteiger partial charge < -0.3 is 14.8 Å². The number of hydrogen-bond donors (Lipinski definition) is 1. The molecule has 2 aromatic carbocycles. The summed E-state index contributed by atoms with van der Waals surface area (Å²) in [4.78, 5) is 34.1. The quantitative estimate of drug-likeness (QED) is 0.347. The number of methoxy groups -OCH3 is 1. The summed E-state index contributed by atoms with van der Waals surface area (Å²) in [6, 6.07) is 12.5. The molecule has 0 aliphatic carbocycles. The Morgan fingerprint density at radius 3 is 2.52 bits per heavy atom. The van der Waals surface area contributed by atoms with Gasteiger partial charge in [0.25, 0.3) is 11.6 Å². The first kappa shape index (κ1) is 19.6. The van der Waals surface area contributed by atoms with Gasteiger partial charge in [-0.2, -0.15) is 0 Å². The molecule has 0 fully saturated rings. The Morgan fingerprint density at radius 2 is 1.89 bits per heavy atom. The molecule has 0 radical (unpaired) electrons. The van der Waals surface area contributed by atoms with E-state index in [1.165, 1.54) is 38.3 Å². The van der Waals surface area contributed by atoms with Gasteiger partial charge in [0.05, 0.1) is 12.0 Å².